The zero-order chi connectivity index (χ0) is 13.9. The summed E-state index contributed by atoms with van der Waals surface area (Å²) in [5.41, 5.74) is 0.352. The maximum atomic E-state index is 9.60. The Labute approximate surface area is 149 Å². The van der Waals surface area contributed by atoms with Crippen LogP contribution in [0, 0.1) is 0 Å². The summed E-state index contributed by atoms with van der Waals surface area (Å²) in [5.74, 6) is -1.87. The van der Waals surface area contributed by atoms with Gasteiger partial charge in [-0.2, -0.15) is 0 Å². The van der Waals surface area contributed by atoms with Gasteiger partial charge >= 0.3 is 71.1 Å². The first-order valence-corrected chi connectivity index (χ1v) is 3.67. The van der Waals surface area contributed by atoms with Gasteiger partial charge in [0.1, 0.15) is 0 Å². The van der Waals surface area contributed by atoms with E-state index in [1.165, 1.54) is 13.8 Å². The van der Waals surface area contributed by atoms with E-state index in [9.17, 15) is 9.59 Å². The van der Waals surface area contributed by atoms with Crippen molar-refractivity contribution in [2.24, 2.45) is 0 Å². The van der Waals surface area contributed by atoms with Crippen molar-refractivity contribution in [3.8, 4) is 0 Å². The summed E-state index contributed by atoms with van der Waals surface area (Å²) < 4.78 is 0. The van der Waals surface area contributed by atoms with Crippen molar-refractivity contribution < 1.29 is 93.9 Å². The Hall–Kier alpha value is -0.310. The van der Waals surface area contributed by atoms with Crippen LogP contribution in [0.5, 0.6) is 0 Å². The summed E-state index contributed by atoms with van der Waals surface area (Å²) in [6.45, 7) is 9.20. The van der Waals surface area contributed by atoms with Crippen LogP contribution < -0.4 is 69.3 Å². The van der Waals surface area contributed by atoms with Crippen molar-refractivity contribution >= 4 is 18.1 Å². The van der Waals surface area contributed by atoms with E-state index in [0.717, 1.165) is 0 Å². The molecule has 92 valence electrons. The molecule has 0 aromatic heterocycles. The summed E-state index contributed by atoms with van der Waals surface area (Å²) in [7, 11) is 0. The smallest absolute Gasteiger partial charge is 0.652 e. The average Bonchev–Trinajstić information content (AvgIpc) is 2.03. The molecular weight excluding hydrogens is 266 g/mol. The molecule has 18 heavy (non-hydrogen) atoms. The zero-order valence-corrected chi connectivity index (χ0v) is 14.8. The third kappa shape index (κ3) is 57.3. The van der Waals surface area contributed by atoms with Crippen LogP contribution in [0.4, 0.5) is 4.79 Å². The van der Waals surface area contributed by atoms with Crippen molar-refractivity contribution in [3.63, 3.8) is 0 Å². The molecule has 2 N–H and O–H groups in total. The topological polar surface area (TPSA) is 138 Å². The minimum absolute atomic E-state index is 0. The summed E-state index contributed by atoms with van der Waals surface area (Å²) in [4.78, 5) is 27.5. The van der Waals surface area contributed by atoms with Crippen LogP contribution in [0.1, 0.15) is 13.8 Å². The number of carbonyl (C=O) groups is 3. The maximum Gasteiger partial charge on any atom is 1.00 e. The SMILES string of the molecule is C=C(C)C(=O)O.C=C(C)C(=O)O.O=C([O-])[O-].[Na+].[Na+]. The molecule has 0 aromatic rings. The first-order chi connectivity index (χ1) is 7.02. The van der Waals surface area contributed by atoms with Gasteiger partial charge in [0.25, 0.3) is 0 Å². The van der Waals surface area contributed by atoms with Crippen molar-refractivity contribution in [1.82, 2.24) is 0 Å². The Morgan fingerprint density at radius 2 is 0.889 bits per heavy atom. The van der Waals surface area contributed by atoms with Crippen molar-refractivity contribution in [3.05, 3.63) is 24.3 Å². The molecule has 0 amide bonds. The maximum absolute atomic E-state index is 9.60. The second-order valence-corrected chi connectivity index (χ2v) is 2.42. The molecule has 0 bridgehead atoms. The summed E-state index contributed by atoms with van der Waals surface area (Å²) in [5, 5.41) is 32.4. The molecule has 0 fully saturated rings. The number of carbonyl (C=O) groups excluding carboxylic acids is 1. The Balaban J connectivity index is -0.0000000454. The quantitative estimate of drug-likeness (QED) is 0.378. The number of aliphatic carboxylic acids is 2. The van der Waals surface area contributed by atoms with E-state index in [-0.39, 0.29) is 70.3 Å². The molecule has 0 unspecified atom stereocenters. The largest absolute Gasteiger partial charge is 1.00 e. The second-order valence-electron chi connectivity index (χ2n) is 2.42. The third-order valence-electron chi connectivity index (χ3n) is 0.730. The second kappa shape index (κ2) is 19.0. The van der Waals surface area contributed by atoms with Gasteiger partial charge in [-0.15, -0.1) is 0 Å². The van der Waals surface area contributed by atoms with E-state index in [4.69, 9.17) is 25.2 Å². The van der Waals surface area contributed by atoms with Crippen molar-refractivity contribution in [1.29, 1.82) is 0 Å². The molecule has 0 saturated heterocycles. The van der Waals surface area contributed by atoms with Gasteiger partial charge in [-0.25, -0.2) is 9.59 Å². The minimum Gasteiger partial charge on any atom is -0.652 e. The average molecular weight is 278 g/mol. The standard InChI is InChI=1S/2C4H6O2.CH2O3.2Na/c2*1-3(2)4(5)6;2-1(3)4;;/h2*1H2,2H3,(H,5,6);(H2,2,3,4);;/q;;;2*+1/p-2. The summed E-state index contributed by atoms with van der Waals surface area (Å²) in [6, 6.07) is 0. The monoisotopic (exact) mass is 278 g/mol. The molecule has 0 aromatic carbocycles. The van der Waals surface area contributed by atoms with Crippen molar-refractivity contribution in [2.75, 3.05) is 0 Å². The molecule has 0 heterocycles. The summed E-state index contributed by atoms with van der Waals surface area (Å²) >= 11 is 0. The van der Waals surface area contributed by atoms with Crippen LogP contribution in [0.3, 0.4) is 0 Å². The molecular formula is C9H12Na2O7. The molecule has 7 nitrogen and oxygen atoms in total. The van der Waals surface area contributed by atoms with Gasteiger partial charge in [0.2, 0.25) is 0 Å². The van der Waals surface area contributed by atoms with Crippen LogP contribution >= 0.6 is 0 Å². The fourth-order valence-electron chi connectivity index (χ4n) is 0. The third-order valence-corrected chi connectivity index (χ3v) is 0.730. The minimum atomic E-state index is -2.33. The van der Waals surface area contributed by atoms with Crippen LogP contribution in [-0.2, 0) is 9.59 Å². The summed E-state index contributed by atoms with van der Waals surface area (Å²) in [6.07, 6.45) is -2.33. The van der Waals surface area contributed by atoms with E-state index in [0.29, 0.717) is 0 Å². The molecule has 0 spiro atoms. The van der Waals surface area contributed by atoms with Gasteiger partial charge in [-0.3, -0.25) is 0 Å². The first-order valence-electron chi connectivity index (χ1n) is 3.67. The van der Waals surface area contributed by atoms with Gasteiger partial charge in [0.05, 0.1) is 0 Å². The number of carboxylic acid groups (broad SMARTS) is 4. The number of hydrogen-bond donors (Lipinski definition) is 2. The number of rotatable bonds is 2. The van der Waals surface area contributed by atoms with Crippen LogP contribution in [-0.4, -0.2) is 28.3 Å². The van der Waals surface area contributed by atoms with E-state index >= 15 is 0 Å². The van der Waals surface area contributed by atoms with Gasteiger partial charge < -0.3 is 25.2 Å². The van der Waals surface area contributed by atoms with E-state index < -0.39 is 18.1 Å². The van der Waals surface area contributed by atoms with Gasteiger partial charge in [0.15, 0.2) is 0 Å². The number of hydrogen-bond acceptors (Lipinski definition) is 5. The Morgan fingerprint density at radius 3 is 0.889 bits per heavy atom. The fourth-order valence-corrected chi connectivity index (χ4v) is 0. The molecule has 0 saturated carbocycles. The predicted octanol–water partition coefficient (Wildman–Crippen LogP) is -7.14. The van der Waals surface area contributed by atoms with Crippen LogP contribution in [0.2, 0.25) is 0 Å². The van der Waals surface area contributed by atoms with Crippen LogP contribution in [0.25, 0.3) is 0 Å². The molecule has 0 aliphatic heterocycles. The fraction of sp³-hybridized carbons (Fsp3) is 0.222. The molecule has 0 aliphatic rings. The Kier molecular flexibility index (Phi) is 32.4. The van der Waals surface area contributed by atoms with E-state index in [1.54, 1.807) is 0 Å². The Morgan fingerprint density at radius 1 is 0.833 bits per heavy atom. The van der Waals surface area contributed by atoms with Crippen LogP contribution in [0.15, 0.2) is 24.3 Å². The van der Waals surface area contributed by atoms with Gasteiger partial charge in [-0.1, -0.05) is 13.2 Å². The molecule has 0 rings (SSSR count). The first kappa shape index (κ1) is 30.6. The molecule has 0 aliphatic carbocycles. The Bertz CT molecular complexity index is 247. The van der Waals surface area contributed by atoms with Gasteiger partial charge in [0, 0.05) is 11.1 Å². The molecule has 9 heteroatoms. The van der Waals surface area contributed by atoms with Gasteiger partial charge in [-0.05, 0) is 20.0 Å². The van der Waals surface area contributed by atoms with Crippen molar-refractivity contribution in [2.45, 2.75) is 13.8 Å². The zero-order valence-electron chi connectivity index (χ0n) is 10.8. The van der Waals surface area contributed by atoms with E-state index in [2.05, 4.69) is 13.2 Å². The molecule has 0 atom stereocenters. The van der Waals surface area contributed by atoms with E-state index in [1.807, 2.05) is 0 Å². The molecule has 0 radical (unpaired) electrons. The normalized spacial score (nSPS) is 6.33. The predicted molar refractivity (Wildman–Crippen MR) is 50.3 cm³/mol. The number of carboxylic acids is 2.